The summed E-state index contributed by atoms with van der Waals surface area (Å²) in [6, 6.07) is -0.334. The van der Waals surface area contributed by atoms with E-state index in [-0.39, 0.29) is 18.6 Å². The number of aliphatic hydroxyl groups excluding tert-OH is 2. The highest BCUT2D eigenvalue weighted by Gasteiger charge is 2.33. The van der Waals surface area contributed by atoms with E-state index >= 15 is 0 Å². The highest BCUT2D eigenvalue weighted by molar-refractivity contribution is 5.82. The number of carbonyl (C=O) groups is 1. The normalized spacial score (nSPS) is 25.8. The summed E-state index contributed by atoms with van der Waals surface area (Å²) in [7, 11) is 0. The molecule has 1 heterocycles. The zero-order chi connectivity index (χ0) is 12.2. The summed E-state index contributed by atoms with van der Waals surface area (Å²) in [5, 5.41) is 24.5. The molecule has 1 amide bonds. The van der Waals surface area contributed by atoms with Crippen LogP contribution in [0.15, 0.2) is 0 Å². The van der Waals surface area contributed by atoms with Gasteiger partial charge in [-0.25, -0.2) is 0 Å². The molecule has 0 radical (unpaired) electrons. The largest absolute Gasteiger partial charge is 0.394 e. The van der Waals surface area contributed by atoms with E-state index in [1.165, 1.54) is 0 Å². The highest BCUT2D eigenvalue weighted by Crippen LogP contribution is 2.15. The number of nitrogens with one attached hydrogen (secondary N) is 2. The second kappa shape index (κ2) is 5.61. The Morgan fingerprint density at radius 2 is 2.12 bits per heavy atom. The van der Waals surface area contributed by atoms with Crippen molar-refractivity contribution in [3.8, 4) is 0 Å². The van der Waals surface area contributed by atoms with Crippen molar-refractivity contribution < 1.29 is 15.0 Å². The molecular formula is C11H22N2O3. The molecule has 5 heteroatoms. The summed E-state index contributed by atoms with van der Waals surface area (Å²) in [6.07, 6.45) is 1.39. The minimum absolute atomic E-state index is 0.0546. The van der Waals surface area contributed by atoms with Crippen LogP contribution in [-0.2, 0) is 4.79 Å². The van der Waals surface area contributed by atoms with Gasteiger partial charge < -0.3 is 20.8 Å². The molecule has 16 heavy (non-hydrogen) atoms. The van der Waals surface area contributed by atoms with Gasteiger partial charge in [-0.05, 0) is 19.3 Å². The number of carbonyl (C=O) groups excluding carboxylic acids is 1. The summed E-state index contributed by atoms with van der Waals surface area (Å²) in [6.45, 7) is 4.29. The summed E-state index contributed by atoms with van der Waals surface area (Å²) < 4.78 is 0. The Labute approximate surface area is 96.2 Å². The molecule has 0 aliphatic carbocycles. The summed E-state index contributed by atoms with van der Waals surface area (Å²) in [5.41, 5.74) is -0.522. The first-order valence-corrected chi connectivity index (χ1v) is 5.91. The molecule has 0 aromatic heterocycles. The first-order valence-electron chi connectivity index (χ1n) is 5.91. The third kappa shape index (κ3) is 2.93. The molecule has 0 saturated carbocycles. The van der Waals surface area contributed by atoms with Gasteiger partial charge >= 0.3 is 0 Å². The van der Waals surface area contributed by atoms with E-state index in [4.69, 9.17) is 0 Å². The Kier molecular flexibility index (Phi) is 4.70. The molecule has 1 aliphatic rings. The van der Waals surface area contributed by atoms with Crippen molar-refractivity contribution in [2.75, 3.05) is 13.2 Å². The Morgan fingerprint density at radius 3 is 2.50 bits per heavy atom. The van der Waals surface area contributed by atoms with Crippen LogP contribution in [0.2, 0.25) is 0 Å². The fourth-order valence-corrected chi connectivity index (χ4v) is 1.96. The standard InChI is InChI=1S/C11H22N2O3/c1-3-11(4-2,7-14)13-10(16)9-5-8(15)6-12-9/h8-9,12,14-15H,3-7H2,1-2H3,(H,13,16). The summed E-state index contributed by atoms with van der Waals surface area (Å²) >= 11 is 0. The maximum absolute atomic E-state index is 11.9. The van der Waals surface area contributed by atoms with Crippen molar-refractivity contribution in [2.45, 2.75) is 50.8 Å². The van der Waals surface area contributed by atoms with E-state index in [1.54, 1.807) is 0 Å². The fraction of sp³-hybridized carbons (Fsp3) is 0.909. The van der Waals surface area contributed by atoms with Gasteiger partial charge in [0.2, 0.25) is 5.91 Å². The Morgan fingerprint density at radius 1 is 1.50 bits per heavy atom. The van der Waals surface area contributed by atoms with Crippen LogP contribution in [0.3, 0.4) is 0 Å². The van der Waals surface area contributed by atoms with E-state index in [0.717, 1.165) is 0 Å². The lowest BCUT2D eigenvalue weighted by atomic mass is 9.93. The first-order chi connectivity index (χ1) is 7.56. The van der Waals surface area contributed by atoms with Gasteiger partial charge in [-0.2, -0.15) is 0 Å². The van der Waals surface area contributed by atoms with Gasteiger partial charge in [0.25, 0.3) is 0 Å². The van der Waals surface area contributed by atoms with Crippen molar-refractivity contribution in [2.24, 2.45) is 0 Å². The Balaban J connectivity index is 2.55. The van der Waals surface area contributed by atoms with Crippen LogP contribution >= 0.6 is 0 Å². The molecule has 1 saturated heterocycles. The number of hydrogen-bond acceptors (Lipinski definition) is 4. The molecule has 0 spiro atoms. The van der Waals surface area contributed by atoms with Gasteiger partial charge in [0, 0.05) is 6.54 Å². The quantitative estimate of drug-likeness (QED) is 0.507. The lowest BCUT2D eigenvalue weighted by Crippen LogP contribution is -2.55. The Bertz CT molecular complexity index is 233. The van der Waals surface area contributed by atoms with Gasteiger partial charge in [0.05, 0.1) is 24.3 Å². The number of hydrogen-bond donors (Lipinski definition) is 4. The molecule has 0 aromatic carbocycles. The second-order valence-corrected chi connectivity index (χ2v) is 4.49. The monoisotopic (exact) mass is 230 g/mol. The number of amides is 1. The molecule has 4 N–H and O–H groups in total. The fourth-order valence-electron chi connectivity index (χ4n) is 1.96. The maximum Gasteiger partial charge on any atom is 0.237 e. The van der Waals surface area contributed by atoms with Gasteiger partial charge in [-0.15, -0.1) is 0 Å². The predicted octanol–water partition coefficient (Wildman–Crippen LogP) is -0.623. The minimum Gasteiger partial charge on any atom is -0.394 e. The topological polar surface area (TPSA) is 81.6 Å². The minimum atomic E-state index is -0.522. The van der Waals surface area contributed by atoms with Crippen LogP contribution in [-0.4, -0.2) is 47.0 Å². The first kappa shape index (κ1) is 13.4. The zero-order valence-electron chi connectivity index (χ0n) is 9.99. The molecule has 5 nitrogen and oxygen atoms in total. The van der Waals surface area contributed by atoms with Gasteiger partial charge in [0.15, 0.2) is 0 Å². The molecule has 0 aromatic rings. The van der Waals surface area contributed by atoms with Crippen LogP contribution in [0.25, 0.3) is 0 Å². The lowest BCUT2D eigenvalue weighted by Gasteiger charge is -2.31. The maximum atomic E-state index is 11.9. The van der Waals surface area contributed by atoms with Crippen molar-refractivity contribution in [3.63, 3.8) is 0 Å². The van der Waals surface area contributed by atoms with E-state index in [0.29, 0.717) is 25.8 Å². The molecular weight excluding hydrogens is 208 g/mol. The van der Waals surface area contributed by atoms with E-state index in [1.807, 2.05) is 13.8 Å². The average molecular weight is 230 g/mol. The van der Waals surface area contributed by atoms with Crippen LogP contribution < -0.4 is 10.6 Å². The summed E-state index contributed by atoms with van der Waals surface area (Å²) in [4.78, 5) is 11.9. The van der Waals surface area contributed by atoms with Gasteiger partial charge in [-0.3, -0.25) is 4.79 Å². The highest BCUT2D eigenvalue weighted by atomic mass is 16.3. The molecule has 94 valence electrons. The van der Waals surface area contributed by atoms with Gasteiger partial charge in [0.1, 0.15) is 0 Å². The van der Waals surface area contributed by atoms with Crippen molar-refractivity contribution in [1.82, 2.24) is 10.6 Å². The van der Waals surface area contributed by atoms with Crippen LogP contribution in [0.4, 0.5) is 0 Å². The molecule has 2 unspecified atom stereocenters. The Hall–Kier alpha value is -0.650. The van der Waals surface area contributed by atoms with Crippen molar-refractivity contribution in [3.05, 3.63) is 0 Å². The molecule has 1 fully saturated rings. The smallest absolute Gasteiger partial charge is 0.237 e. The number of β-amino-alcohol motifs (C(OH)–C–C–N with tert-alkyl or cyclic N) is 1. The van der Waals surface area contributed by atoms with E-state index in [2.05, 4.69) is 10.6 Å². The second-order valence-electron chi connectivity index (χ2n) is 4.49. The van der Waals surface area contributed by atoms with Crippen molar-refractivity contribution in [1.29, 1.82) is 0 Å². The number of aliphatic hydroxyl groups is 2. The zero-order valence-corrected chi connectivity index (χ0v) is 9.99. The van der Waals surface area contributed by atoms with E-state index in [9.17, 15) is 15.0 Å². The van der Waals surface area contributed by atoms with Crippen LogP contribution in [0, 0.1) is 0 Å². The summed E-state index contributed by atoms with van der Waals surface area (Å²) in [5.74, 6) is -0.130. The molecule has 0 bridgehead atoms. The SMILES string of the molecule is CCC(CC)(CO)NC(=O)C1CC(O)CN1. The third-order valence-corrected chi connectivity index (χ3v) is 3.47. The van der Waals surface area contributed by atoms with Gasteiger partial charge in [-0.1, -0.05) is 13.8 Å². The average Bonchev–Trinajstić information content (AvgIpc) is 2.73. The van der Waals surface area contributed by atoms with E-state index < -0.39 is 11.6 Å². The molecule has 1 rings (SSSR count). The predicted molar refractivity (Wildman–Crippen MR) is 61.0 cm³/mol. The lowest BCUT2D eigenvalue weighted by molar-refractivity contribution is -0.125. The third-order valence-electron chi connectivity index (χ3n) is 3.47. The molecule has 1 aliphatic heterocycles. The number of rotatable bonds is 5. The van der Waals surface area contributed by atoms with Crippen molar-refractivity contribution >= 4 is 5.91 Å². The molecule has 2 atom stereocenters. The van der Waals surface area contributed by atoms with Crippen LogP contribution in [0.1, 0.15) is 33.1 Å². The van der Waals surface area contributed by atoms with Crippen LogP contribution in [0.5, 0.6) is 0 Å².